The zero-order valence-electron chi connectivity index (χ0n) is 11.6. The molecule has 0 saturated heterocycles. The molecule has 0 amide bonds. The van der Waals surface area contributed by atoms with Crippen LogP contribution in [-0.4, -0.2) is 23.1 Å². The van der Waals surface area contributed by atoms with Crippen molar-refractivity contribution in [2.24, 2.45) is 0 Å². The molecule has 110 valence electrons. The predicted octanol–water partition coefficient (Wildman–Crippen LogP) is 3.06. The molecule has 0 radical (unpaired) electrons. The van der Waals surface area contributed by atoms with Gasteiger partial charge in [0.25, 0.3) is 0 Å². The Morgan fingerprint density at radius 3 is 2.67 bits per heavy atom. The topological polar surface area (TPSA) is 23.5 Å². The van der Waals surface area contributed by atoms with E-state index in [1.807, 2.05) is 12.1 Å². The number of halogens is 2. The van der Waals surface area contributed by atoms with Crippen LogP contribution in [0.3, 0.4) is 0 Å². The lowest BCUT2D eigenvalue weighted by Crippen LogP contribution is -2.34. The van der Waals surface area contributed by atoms with E-state index in [9.17, 15) is 13.9 Å². The zero-order valence-corrected chi connectivity index (χ0v) is 11.6. The van der Waals surface area contributed by atoms with Crippen LogP contribution >= 0.6 is 0 Å². The van der Waals surface area contributed by atoms with Crippen LogP contribution in [-0.2, 0) is 13.0 Å². The van der Waals surface area contributed by atoms with E-state index in [0.29, 0.717) is 6.54 Å². The number of β-amino-alcohol motifs (C(OH)–C–C–N with tert-alkyl or cyclic N) is 1. The highest BCUT2D eigenvalue weighted by Crippen LogP contribution is 2.23. The molecular formula is C17H17F2NO. The minimum Gasteiger partial charge on any atom is -0.387 e. The van der Waals surface area contributed by atoms with Gasteiger partial charge in [0.15, 0.2) is 0 Å². The molecule has 4 heteroatoms. The summed E-state index contributed by atoms with van der Waals surface area (Å²) < 4.78 is 26.9. The average Bonchev–Trinajstić information content (AvgIpc) is 2.49. The third-order valence-electron chi connectivity index (χ3n) is 3.96. The summed E-state index contributed by atoms with van der Waals surface area (Å²) in [6.07, 6.45) is -0.111. The van der Waals surface area contributed by atoms with E-state index in [0.717, 1.165) is 37.7 Å². The third-order valence-corrected chi connectivity index (χ3v) is 3.96. The fourth-order valence-electron chi connectivity index (χ4n) is 2.82. The van der Waals surface area contributed by atoms with Crippen molar-refractivity contribution in [3.05, 3.63) is 70.8 Å². The highest BCUT2D eigenvalue weighted by atomic mass is 19.1. The summed E-state index contributed by atoms with van der Waals surface area (Å²) in [4.78, 5) is 2.07. The van der Waals surface area contributed by atoms with Crippen LogP contribution in [0.25, 0.3) is 0 Å². The summed E-state index contributed by atoms with van der Waals surface area (Å²) in [5, 5.41) is 10.2. The van der Waals surface area contributed by atoms with Crippen molar-refractivity contribution in [3.63, 3.8) is 0 Å². The lowest BCUT2D eigenvalue weighted by atomic mass is 9.99. The SMILES string of the molecule is O[C@@H](CN1CCc2ccccc2C1)c1cc(F)ccc1F. The molecule has 0 aliphatic carbocycles. The number of hydrogen-bond donors (Lipinski definition) is 1. The Kier molecular flexibility index (Phi) is 3.99. The normalized spacial score (nSPS) is 16.5. The molecule has 1 N–H and O–H groups in total. The van der Waals surface area contributed by atoms with Crippen LogP contribution in [0.15, 0.2) is 42.5 Å². The van der Waals surface area contributed by atoms with E-state index in [-0.39, 0.29) is 5.56 Å². The van der Waals surface area contributed by atoms with Gasteiger partial charge in [-0.1, -0.05) is 24.3 Å². The maximum absolute atomic E-state index is 13.7. The first kappa shape index (κ1) is 14.2. The maximum Gasteiger partial charge on any atom is 0.129 e. The number of rotatable bonds is 3. The summed E-state index contributed by atoms with van der Waals surface area (Å²) >= 11 is 0. The van der Waals surface area contributed by atoms with E-state index >= 15 is 0 Å². The first-order chi connectivity index (χ1) is 10.1. The second kappa shape index (κ2) is 5.92. The van der Waals surface area contributed by atoms with E-state index < -0.39 is 17.7 Å². The van der Waals surface area contributed by atoms with Gasteiger partial charge < -0.3 is 5.11 Å². The van der Waals surface area contributed by atoms with Gasteiger partial charge in [0.2, 0.25) is 0 Å². The number of benzene rings is 2. The number of nitrogens with zero attached hydrogens (tertiary/aromatic N) is 1. The Morgan fingerprint density at radius 1 is 1.10 bits per heavy atom. The van der Waals surface area contributed by atoms with Crippen molar-refractivity contribution < 1.29 is 13.9 Å². The van der Waals surface area contributed by atoms with Gasteiger partial charge in [0.05, 0.1) is 6.10 Å². The number of fused-ring (bicyclic) bond motifs is 1. The molecule has 0 saturated carbocycles. The molecule has 0 bridgehead atoms. The Morgan fingerprint density at radius 2 is 1.86 bits per heavy atom. The van der Waals surface area contributed by atoms with Gasteiger partial charge in [-0.25, -0.2) is 8.78 Å². The van der Waals surface area contributed by atoms with Gasteiger partial charge in [0, 0.05) is 25.2 Å². The fourth-order valence-corrected chi connectivity index (χ4v) is 2.82. The molecular weight excluding hydrogens is 272 g/mol. The summed E-state index contributed by atoms with van der Waals surface area (Å²) in [5.74, 6) is -1.10. The number of aliphatic hydroxyl groups excluding tert-OH is 1. The molecule has 3 rings (SSSR count). The molecule has 1 heterocycles. The van der Waals surface area contributed by atoms with Crippen LogP contribution in [0.5, 0.6) is 0 Å². The van der Waals surface area contributed by atoms with Crippen LogP contribution < -0.4 is 0 Å². The standard InChI is InChI=1S/C17H17F2NO/c18-14-5-6-16(19)15(9-14)17(21)11-20-8-7-12-3-1-2-4-13(12)10-20/h1-6,9,17,21H,7-8,10-11H2/t17-/m0/s1. The molecule has 0 fully saturated rings. The maximum atomic E-state index is 13.7. The van der Waals surface area contributed by atoms with Gasteiger partial charge >= 0.3 is 0 Å². The smallest absolute Gasteiger partial charge is 0.129 e. The van der Waals surface area contributed by atoms with Crippen molar-refractivity contribution in [2.45, 2.75) is 19.1 Å². The van der Waals surface area contributed by atoms with Gasteiger partial charge in [-0.15, -0.1) is 0 Å². The first-order valence-electron chi connectivity index (χ1n) is 7.05. The summed E-state index contributed by atoms with van der Waals surface area (Å²) in [7, 11) is 0. The van der Waals surface area contributed by atoms with E-state index in [4.69, 9.17) is 0 Å². The molecule has 2 aromatic rings. The minimum absolute atomic E-state index is 0.0221. The Hall–Kier alpha value is -1.78. The highest BCUT2D eigenvalue weighted by molar-refractivity contribution is 5.29. The molecule has 1 atom stereocenters. The van der Waals surface area contributed by atoms with Crippen LogP contribution in [0.2, 0.25) is 0 Å². The molecule has 0 spiro atoms. The van der Waals surface area contributed by atoms with Crippen LogP contribution in [0.1, 0.15) is 22.8 Å². The fraction of sp³-hybridized carbons (Fsp3) is 0.294. The van der Waals surface area contributed by atoms with Crippen LogP contribution in [0, 0.1) is 11.6 Å². The molecule has 1 aliphatic heterocycles. The summed E-state index contributed by atoms with van der Waals surface area (Å²) in [6, 6.07) is 11.4. The van der Waals surface area contributed by atoms with E-state index in [1.54, 1.807) is 0 Å². The number of hydrogen-bond acceptors (Lipinski definition) is 2. The highest BCUT2D eigenvalue weighted by Gasteiger charge is 2.21. The molecule has 0 aromatic heterocycles. The van der Waals surface area contributed by atoms with Gasteiger partial charge in [0.1, 0.15) is 11.6 Å². The van der Waals surface area contributed by atoms with Crippen LogP contribution in [0.4, 0.5) is 8.78 Å². The second-order valence-electron chi connectivity index (χ2n) is 5.44. The zero-order chi connectivity index (χ0) is 14.8. The Labute approximate surface area is 122 Å². The number of aliphatic hydroxyl groups is 1. The monoisotopic (exact) mass is 289 g/mol. The van der Waals surface area contributed by atoms with Crippen molar-refractivity contribution in [1.82, 2.24) is 4.90 Å². The summed E-state index contributed by atoms with van der Waals surface area (Å²) in [6.45, 7) is 1.84. The molecule has 1 aliphatic rings. The Bertz CT molecular complexity index is 644. The molecule has 21 heavy (non-hydrogen) atoms. The van der Waals surface area contributed by atoms with Crippen molar-refractivity contribution in [2.75, 3.05) is 13.1 Å². The van der Waals surface area contributed by atoms with E-state index in [1.165, 1.54) is 11.1 Å². The summed E-state index contributed by atoms with van der Waals surface area (Å²) in [5.41, 5.74) is 2.57. The Balaban J connectivity index is 1.71. The minimum atomic E-state index is -1.02. The average molecular weight is 289 g/mol. The molecule has 0 unspecified atom stereocenters. The second-order valence-corrected chi connectivity index (χ2v) is 5.44. The van der Waals surface area contributed by atoms with Crippen molar-refractivity contribution >= 4 is 0 Å². The van der Waals surface area contributed by atoms with E-state index in [2.05, 4.69) is 17.0 Å². The third kappa shape index (κ3) is 3.12. The molecule has 2 nitrogen and oxygen atoms in total. The van der Waals surface area contributed by atoms with Gasteiger partial charge in [-0.2, -0.15) is 0 Å². The molecule has 2 aromatic carbocycles. The predicted molar refractivity (Wildman–Crippen MR) is 76.7 cm³/mol. The first-order valence-corrected chi connectivity index (χ1v) is 7.05. The van der Waals surface area contributed by atoms with Gasteiger partial charge in [-0.05, 0) is 35.7 Å². The largest absolute Gasteiger partial charge is 0.387 e. The van der Waals surface area contributed by atoms with Crippen molar-refractivity contribution in [3.8, 4) is 0 Å². The lowest BCUT2D eigenvalue weighted by molar-refractivity contribution is 0.103. The van der Waals surface area contributed by atoms with Gasteiger partial charge in [-0.3, -0.25) is 4.90 Å². The lowest BCUT2D eigenvalue weighted by Gasteiger charge is -2.30. The quantitative estimate of drug-likeness (QED) is 0.938. The van der Waals surface area contributed by atoms with Crippen molar-refractivity contribution in [1.29, 1.82) is 0 Å².